The molecule has 0 aromatic heterocycles. The second-order valence-corrected chi connectivity index (χ2v) is 5.38. The number of Topliss-reactive ketones (excluding diaryl/α,β-unsaturated/α-hetero) is 1. The molecule has 0 bridgehead atoms. The largest absolute Gasteiger partial charge is 0.497 e. The molecule has 0 unspecified atom stereocenters. The van der Waals surface area contributed by atoms with Crippen LogP contribution < -0.4 is 9.47 Å². The van der Waals surface area contributed by atoms with Crippen LogP contribution in [0.1, 0.15) is 31.8 Å². The average molecular weight is 328 g/mol. The number of hydrogen-bond acceptors (Lipinski definition) is 5. The summed E-state index contributed by atoms with van der Waals surface area (Å²) >= 11 is 0. The van der Waals surface area contributed by atoms with Gasteiger partial charge in [-0.3, -0.25) is 4.79 Å². The molecular formula is C19H20O5. The lowest BCUT2D eigenvalue weighted by atomic mass is 10.0. The Morgan fingerprint density at radius 1 is 0.917 bits per heavy atom. The summed E-state index contributed by atoms with van der Waals surface area (Å²) < 4.78 is 15.4. The zero-order chi connectivity index (χ0) is 17.7. The van der Waals surface area contributed by atoms with Crippen molar-refractivity contribution in [1.29, 1.82) is 0 Å². The van der Waals surface area contributed by atoms with Gasteiger partial charge in [0.05, 0.1) is 14.2 Å². The van der Waals surface area contributed by atoms with Gasteiger partial charge in [0.25, 0.3) is 0 Å². The number of aryl methyl sites for hydroxylation is 2. The SMILES string of the molecule is COc1ccc(OC)c(C(=O)OCC(=O)c2cc(C)ccc2C)c1. The fourth-order valence-corrected chi connectivity index (χ4v) is 2.30. The van der Waals surface area contributed by atoms with Crippen LogP contribution in [0.3, 0.4) is 0 Å². The highest BCUT2D eigenvalue weighted by Gasteiger charge is 2.18. The van der Waals surface area contributed by atoms with E-state index >= 15 is 0 Å². The van der Waals surface area contributed by atoms with Crippen LogP contribution in [0.15, 0.2) is 36.4 Å². The lowest BCUT2D eigenvalue weighted by molar-refractivity contribution is 0.0471. The van der Waals surface area contributed by atoms with E-state index in [0.717, 1.165) is 11.1 Å². The zero-order valence-corrected chi connectivity index (χ0v) is 14.2. The number of ether oxygens (including phenoxy) is 3. The first-order valence-corrected chi connectivity index (χ1v) is 7.46. The van der Waals surface area contributed by atoms with Gasteiger partial charge in [-0.1, -0.05) is 17.7 Å². The molecule has 0 aliphatic heterocycles. The van der Waals surface area contributed by atoms with E-state index in [1.165, 1.54) is 20.3 Å². The van der Waals surface area contributed by atoms with Crippen molar-refractivity contribution in [2.75, 3.05) is 20.8 Å². The Bertz CT molecular complexity index is 764. The number of rotatable bonds is 6. The van der Waals surface area contributed by atoms with E-state index in [-0.39, 0.29) is 18.0 Å². The normalized spacial score (nSPS) is 10.2. The number of ketones is 1. The molecule has 5 heteroatoms. The number of hydrogen-bond donors (Lipinski definition) is 0. The molecule has 0 saturated carbocycles. The van der Waals surface area contributed by atoms with Crippen molar-refractivity contribution in [2.24, 2.45) is 0 Å². The quantitative estimate of drug-likeness (QED) is 0.601. The van der Waals surface area contributed by atoms with Gasteiger partial charge in [-0.25, -0.2) is 4.79 Å². The molecule has 126 valence electrons. The van der Waals surface area contributed by atoms with Gasteiger partial charge in [-0.05, 0) is 43.7 Å². The van der Waals surface area contributed by atoms with Gasteiger partial charge in [0.2, 0.25) is 5.78 Å². The molecule has 0 spiro atoms. The smallest absolute Gasteiger partial charge is 0.342 e. The lowest BCUT2D eigenvalue weighted by Gasteiger charge is -2.11. The fourth-order valence-electron chi connectivity index (χ4n) is 2.30. The monoisotopic (exact) mass is 328 g/mol. The Kier molecular flexibility index (Phi) is 5.58. The minimum absolute atomic E-state index is 0.214. The summed E-state index contributed by atoms with van der Waals surface area (Å²) in [5, 5.41) is 0. The minimum atomic E-state index is -0.635. The molecule has 0 amide bonds. The maximum absolute atomic E-state index is 12.3. The van der Waals surface area contributed by atoms with E-state index in [9.17, 15) is 9.59 Å². The first-order chi connectivity index (χ1) is 11.5. The highest BCUT2D eigenvalue weighted by molar-refractivity contribution is 6.01. The van der Waals surface area contributed by atoms with Crippen LogP contribution in [0.5, 0.6) is 11.5 Å². The number of esters is 1. The number of methoxy groups -OCH3 is 2. The van der Waals surface area contributed by atoms with Gasteiger partial charge in [0.1, 0.15) is 17.1 Å². The van der Waals surface area contributed by atoms with Crippen molar-refractivity contribution in [1.82, 2.24) is 0 Å². The first-order valence-electron chi connectivity index (χ1n) is 7.46. The maximum atomic E-state index is 12.3. The molecule has 2 aromatic carbocycles. The molecule has 0 saturated heterocycles. The summed E-state index contributed by atoms with van der Waals surface area (Å²) in [6.45, 7) is 3.42. The van der Waals surface area contributed by atoms with Crippen molar-refractivity contribution in [2.45, 2.75) is 13.8 Å². The van der Waals surface area contributed by atoms with Crippen molar-refractivity contribution < 1.29 is 23.8 Å². The fraction of sp³-hybridized carbons (Fsp3) is 0.263. The maximum Gasteiger partial charge on any atom is 0.342 e. The van der Waals surface area contributed by atoms with Crippen LogP contribution in [0, 0.1) is 13.8 Å². The summed E-state index contributed by atoms with van der Waals surface area (Å²) in [6, 6.07) is 10.4. The first kappa shape index (κ1) is 17.5. The molecule has 0 aliphatic rings. The molecule has 2 rings (SSSR count). The van der Waals surface area contributed by atoms with E-state index in [0.29, 0.717) is 17.1 Å². The van der Waals surface area contributed by atoms with Gasteiger partial charge in [0, 0.05) is 5.56 Å². The molecule has 5 nitrogen and oxygen atoms in total. The van der Waals surface area contributed by atoms with Crippen LogP contribution in [0.25, 0.3) is 0 Å². The third-order valence-corrected chi connectivity index (χ3v) is 3.65. The molecular weight excluding hydrogens is 308 g/mol. The number of carbonyl (C=O) groups is 2. The summed E-state index contributed by atoms with van der Waals surface area (Å²) in [5.41, 5.74) is 2.59. The van der Waals surface area contributed by atoms with Crippen LogP contribution in [-0.4, -0.2) is 32.6 Å². The summed E-state index contributed by atoms with van der Waals surface area (Å²) in [6.07, 6.45) is 0. The van der Waals surface area contributed by atoms with E-state index in [1.807, 2.05) is 26.0 Å². The molecule has 0 fully saturated rings. The van der Waals surface area contributed by atoms with Gasteiger partial charge < -0.3 is 14.2 Å². The Hall–Kier alpha value is -2.82. The summed E-state index contributed by atoms with van der Waals surface area (Å²) in [5.74, 6) is -0.0144. The van der Waals surface area contributed by atoms with Gasteiger partial charge >= 0.3 is 5.97 Å². The van der Waals surface area contributed by atoms with Gasteiger partial charge in [-0.15, -0.1) is 0 Å². The second-order valence-electron chi connectivity index (χ2n) is 5.38. The Morgan fingerprint density at radius 2 is 1.67 bits per heavy atom. The van der Waals surface area contributed by atoms with Crippen LogP contribution in [0.4, 0.5) is 0 Å². The molecule has 0 radical (unpaired) electrons. The standard InChI is InChI=1S/C19H20O5/c1-12-5-6-13(2)15(9-12)17(20)11-24-19(21)16-10-14(22-3)7-8-18(16)23-4/h5-10H,11H2,1-4H3. The van der Waals surface area contributed by atoms with Crippen molar-refractivity contribution in [3.8, 4) is 11.5 Å². The Morgan fingerprint density at radius 3 is 2.33 bits per heavy atom. The van der Waals surface area contributed by atoms with Gasteiger partial charge in [-0.2, -0.15) is 0 Å². The molecule has 0 heterocycles. The highest BCUT2D eigenvalue weighted by atomic mass is 16.5. The van der Waals surface area contributed by atoms with Crippen LogP contribution in [-0.2, 0) is 4.74 Å². The second kappa shape index (κ2) is 7.64. The van der Waals surface area contributed by atoms with Crippen molar-refractivity contribution in [3.63, 3.8) is 0 Å². The molecule has 2 aromatic rings. The van der Waals surface area contributed by atoms with Crippen LogP contribution in [0.2, 0.25) is 0 Å². The van der Waals surface area contributed by atoms with E-state index in [4.69, 9.17) is 14.2 Å². The highest BCUT2D eigenvalue weighted by Crippen LogP contribution is 2.24. The molecule has 0 aliphatic carbocycles. The third kappa shape index (κ3) is 3.93. The number of carbonyl (C=O) groups excluding carboxylic acids is 2. The Balaban J connectivity index is 2.13. The van der Waals surface area contributed by atoms with E-state index in [2.05, 4.69) is 0 Å². The predicted octanol–water partition coefficient (Wildman–Crippen LogP) is 3.36. The van der Waals surface area contributed by atoms with Crippen molar-refractivity contribution in [3.05, 3.63) is 58.7 Å². The lowest BCUT2D eigenvalue weighted by Crippen LogP contribution is -2.16. The minimum Gasteiger partial charge on any atom is -0.497 e. The van der Waals surface area contributed by atoms with Crippen molar-refractivity contribution >= 4 is 11.8 Å². The van der Waals surface area contributed by atoms with Gasteiger partial charge in [0.15, 0.2) is 6.61 Å². The predicted molar refractivity (Wildman–Crippen MR) is 90.1 cm³/mol. The number of benzene rings is 2. The molecule has 0 N–H and O–H groups in total. The zero-order valence-electron chi connectivity index (χ0n) is 14.2. The summed E-state index contributed by atoms with van der Waals surface area (Å²) in [4.78, 5) is 24.6. The van der Waals surface area contributed by atoms with E-state index < -0.39 is 5.97 Å². The van der Waals surface area contributed by atoms with E-state index in [1.54, 1.807) is 18.2 Å². The molecule has 24 heavy (non-hydrogen) atoms. The van der Waals surface area contributed by atoms with Crippen LogP contribution >= 0.6 is 0 Å². The third-order valence-electron chi connectivity index (χ3n) is 3.65. The summed E-state index contributed by atoms with van der Waals surface area (Å²) in [7, 11) is 2.96. The Labute approximate surface area is 141 Å². The molecule has 0 atom stereocenters. The topological polar surface area (TPSA) is 61.8 Å². The average Bonchev–Trinajstić information content (AvgIpc) is 2.60.